The molecule has 6 rings (SSSR count). The van der Waals surface area contributed by atoms with Crippen molar-refractivity contribution in [3.63, 3.8) is 0 Å². The van der Waals surface area contributed by atoms with Crippen LogP contribution in [0.5, 0.6) is 0 Å². The Morgan fingerprint density at radius 3 is 1.39 bits per heavy atom. The number of amides is 2. The average Bonchev–Trinajstić information content (AvgIpc) is 3.92. The zero-order valence-corrected chi connectivity index (χ0v) is 37.2. The molecule has 0 atom stereocenters. The predicted molar refractivity (Wildman–Crippen MR) is 236 cm³/mol. The molecule has 62 heavy (non-hydrogen) atoms. The van der Waals surface area contributed by atoms with Crippen molar-refractivity contribution in [1.29, 1.82) is 0 Å². The molecule has 16 nitrogen and oxygen atoms in total. The summed E-state index contributed by atoms with van der Waals surface area (Å²) in [6.07, 6.45) is 9.68. The van der Waals surface area contributed by atoms with Crippen LogP contribution in [-0.4, -0.2) is 144 Å². The van der Waals surface area contributed by atoms with Crippen molar-refractivity contribution in [2.45, 2.75) is 89.5 Å². The highest BCUT2D eigenvalue weighted by Crippen LogP contribution is 2.30. The molecule has 2 N–H and O–H groups in total. The molecule has 16 heteroatoms. The monoisotopic (exact) mass is 856 g/mol. The molecule has 2 aromatic heterocycles. The molecular weight excluding hydrogens is 793 g/mol. The van der Waals surface area contributed by atoms with Gasteiger partial charge >= 0.3 is 11.9 Å². The van der Waals surface area contributed by atoms with Crippen molar-refractivity contribution < 1.29 is 38.1 Å². The first-order valence-electron chi connectivity index (χ1n) is 21.9. The Bertz CT molecular complexity index is 2030. The lowest BCUT2D eigenvalue weighted by atomic mass is 9.90. The molecule has 4 heterocycles. The number of piperidine rings is 2. The van der Waals surface area contributed by atoms with E-state index in [9.17, 15) is 19.2 Å². The molecule has 2 aliphatic rings. The molecule has 2 fully saturated rings. The van der Waals surface area contributed by atoms with Gasteiger partial charge in [0.05, 0.1) is 24.2 Å². The summed E-state index contributed by atoms with van der Waals surface area (Å²) in [7, 11) is 3.36. The quantitative estimate of drug-likeness (QED) is 0.0687. The second-order valence-corrected chi connectivity index (χ2v) is 17.2. The maximum atomic E-state index is 13.7. The van der Waals surface area contributed by atoms with Gasteiger partial charge in [-0.1, -0.05) is 24.3 Å². The Hall–Kier alpha value is -5.16. The standard InChI is InChI=1S/C46H64N8O8/c1-33(2)53-29-35-11-7-13-37(41(35)49-53)43(57)47-31-45(17-23-51(24-18-45)21-9-27-59-5)61-39(55)15-16-40(56)62-46(19-25-52(26-20-46)22-10-28-60-6)32-48-44(58)38-14-8-12-36-30-54(34(3)4)50-42(36)38/h7-8,11-16,29-30,33-34H,9-10,17-28,31-32H2,1-6H3,(H,47,57)(H,48,58)/b16-15+. The number of nitrogens with one attached hydrogen (secondary N) is 2. The second-order valence-electron chi connectivity index (χ2n) is 17.2. The van der Waals surface area contributed by atoms with Gasteiger partial charge in [-0.2, -0.15) is 10.2 Å². The minimum Gasteiger partial charge on any atom is -0.454 e. The minimum absolute atomic E-state index is 0.0815. The van der Waals surface area contributed by atoms with Gasteiger partial charge in [0, 0.05) is 140 Å². The largest absolute Gasteiger partial charge is 0.454 e. The number of aromatic nitrogens is 4. The van der Waals surface area contributed by atoms with Crippen LogP contribution >= 0.6 is 0 Å². The van der Waals surface area contributed by atoms with E-state index in [0.29, 0.717) is 87.2 Å². The van der Waals surface area contributed by atoms with Crippen LogP contribution in [0.4, 0.5) is 0 Å². The highest BCUT2D eigenvalue weighted by atomic mass is 16.6. The predicted octanol–water partition coefficient (Wildman–Crippen LogP) is 5.09. The van der Waals surface area contributed by atoms with Crippen molar-refractivity contribution in [1.82, 2.24) is 40.0 Å². The van der Waals surface area contributed by atoms with Crippen LogP contribution in [0.1, 0.15) is 99.0 Å². The van der Waals surface area contributed by atoms with Crippen LogP contribution in [0, 0.1) is 0 Å². The number of methoxy groups -OCH3 is 2. The summed E-state index contributed by atoms with van der Waals surface area (Å²) in [5.74, 6) is -2.06. The van der Waals surface area contributed by atoms with Gasteiger partial charge in [0.2, 0.25) is 0 Å². The number of rotatable bonds is 20. The van der Waals surface area contributed by atoms with E-state index in [1.165, 1.54) is 0 Å². The number of carbonyl (C=O) groups is 4. The second kappa shape index (κ2) is 21.3. The molecule has 2 aliphatic heterocycles. The lowest BCUT2D eigenvalue weighted by molar-refractivity contribution is -0.161. The lowest BCUT2D eigenvalue weighted by Crippen LogP contribution is -2.53. The van der Waals surface area contributed by atoms with E-state index in [2.05, 4.69) is 30.6 Å². The molecule has 2 amide bonds. The van der Waals surface area contributed by atoms with Crippen LogP contribution in [0.15, 0.2) is 60.9 Å². The van der Waals surface area contributed by atoms with Gasteiger partial charge in [-0.15, -0.1) is 0 Å². The molecule has 0 spiro atoms. The molecular formula is C46H64N8O8. The smallest absolute Gasteiger partial charge is 0.331 e. The number of fused-ring (bicyclic) bond motifs is 2. The number of esters is 2. The highest BCUT2D eigenvalue weighted by molar-refractivity contribution is 6.06. The van der Waals surface area contributed by atoms with Crippen molar-refractivity contribution in [2.24, 2.45) is 0 Å². The van der Waals surface area contributed by atoms with E-state index >= 15 is 0 Å². The molecule has 0 bridgehead atoms. The fraction of sp³-hybridized carbons (Fsp3) is 0.565. The van der Waals surface area contributed by atoms with Crippen LogP contribution in [0.3, 0.4) is 0 Å². The molecule has 336 valence electrons. The number of ether oxygens (including phenoxy) is 4. The first-order chi connectivity index (χ1) is 29.8. The fourth-order valence-corrected chi connectivity index (χ4v) is 8.19. The van der Waals surface area contributed by atoms with Crippen LogP contribution in [0.2, 0.25) is 0 Å². The molecule has 4 aromatic rings. The Morgan fingerprint density at radius 2 is 1.03 bits per heavy atom. The fourth-order valence-electron chi connectivity index (χ4n) is 8.19. The Labute approximate surface area is 364 Å². The third-order valence-corrected chi connectivity index (χ3v) is 12.0. The van der Waals surface area contributed by atoms with Crippen molar-refractivity contribution in [2.75, 3.05) is 79.8 Å². The number of likely N-dealkylation sites (tertiary alicyclic amines) is 2. The molecule has 2 saturated heterocycles. The number of hydrogen-bond acceptors (Lipinski definition) is 12. The first kappa shape index (κ1) is 46.3. The Balaban J connectivity index is 1.13. The summed E-state index contributed by atoms with van der Waals surface area (Å²) in [6, 6.07) is 11.3. The zero-order valence-electron chi connectivity index (χ0n) is 37.2. The first-order valence-corrected chi connectivity index (χ1v) is 21.9. The SMILES string of the molecule is COCCCN1CCC(CNC(=O)c2cccc3cn(C(C)C)nc23)(OC(=O)/C=C/C(=O)OC2(CNC(=O)c3cccc4cn(C(C)C)nc34)CCN(CCCOC)CC2)CC1. The van der Waals surface area contributed by atoms with Gasteiger partial charge in [0.15, 0.2) is 0 Å². The van der Waals surface area contributed by atoms with E-state index in [4.69, 9.17) is 18.9 Å². The van der Waals surface area contributed by atoms with Crippen molar-refractivity contribution in [3.8, 4) is 0 Å². The molecule has 0 aliphatic carbocycles. The summed E-state index contributed by atoms with van der Waals surface area (Å²) >= 11 is 0. The topological polar surface area (TPSA) is 171 Å². The Kier molecular flexibility index (Phi) is 15.9. The van der Waals surface area contributed by atoms with Gasteiger partial charge in [-0.25, -0.2) is 9.59 Å². The van der Waals surface area contributed by atoms with Gasteiger partial charge in [-0.3, -0.25) is 19.0 Å². The number of nitrogens with zero attached hydrogens (tertiary/aromatic N) is 6. The van der Waals surface area contributed by atoms with Gasteiger partial charge in [0.1, 0.15) is 22.2 Å². The normalized spacial score (nSPS) is 17.0. The summed E-state index contributed by atoms with van der Waals surface area (Å²) < 4.78 is 26.5. The molecule has 0 unspecified atom stereocenters. The molecule has 2 aromatic carbocycles. The van der Waals surface area contributed by atoms with E-state index in [-0.39, 0.29) is 37.0 Å². The summed E-state index contributed by atoms with van der Waals surface area (Å²) in [4.78, 5) is 59.1. The number of benzene rings is 2. The zero-order chi connectivity index (χ0) is 44.3. The van der Waals surface area contributed by atoms with Crippen LogP contribution in [-0.2, 0) is 28.5 Å². The van der Waals surface area contributed by atoms with Gasteiger partial charge in [-0.05, 0) is 52.7 Å². The lowest BCUT2D eigenvalue weighted by Gasteiger charge is -2.41. The van der Waals surface area contributed by atoms with Crippen LogP contribution in [0.25, 0.3) is 21.8 Å². The third kappa shape index (κ3) is 11.8. The van der Waals surface area contributed by atoms with E-state index in [0.717, 1.165) is 48.9 Å². The molecule has 0 radical (unpaired) electrons. The van der Waals surface area contributed by atoms with Crippen LogP contribution < -0.4 is 10.6 Å². The van der Waals surface area contributed by atoms with Crippen molar-refractivity contribution >= 4 is 45.6 Å². The average molecular weight is 857 g/mol. The summed E-state index contributed by atoms with van der Waals surface area (Å²) in [6.45, 7) is 13.8. The number of hydrogen-bond donors (Lipinski definition) is 2. The Morgan fingerprint density at radius 1 is 0.645 bits per heavy atom. The van der Waals surface area contributed by atoms with Gasteiger partial charge in [0.25, 0.3) is 11.8 Å². The number of carbonyl (C=O) groups excluding carboxylic acids is 4. The van der Waals surface area contributed by atoms with Gasteiger partial charge < -0.3 is 39.4 Å². The third-order valence-electron chi connectivity index (χ3n) is 12.0. The maximum Gasteiger partial charge on any atom is 0.331 e. The molecule has 0 saturated carbocycles. The van der Waals surface area contributed by atoms with E-state index in [1.807, 2.05) is 73.7 Å². The maximum absolute atomic E-state index is 13.7. The summed E-state index contributed by atoms with van der Waals surface area (Å²) in [5.41, 5.74) is 0.0477. The van der Waals surface area contributed by atoms with E-state index < -0.39 is 23.1 Å². The highest BCUT2D eigenvalue weighted by Gasteiger charge is 2.40. The summed E-state index contributed by atoms with van der Waals surface area (Å²) in [5, 5.41) is 17.1. The van der Waals surface area contributed by atoms with E-state index in [1.54, 1.807) is 26.4 Å². The van der Waals surface area contributed by atoms with Crippen molar-refractivity contribution in [3.05, 3.63) is 72.1 Å². The minimum atomic E-state index is -1.01.